The summed E-state index contributed by atoms with van der Waals surface area (Å²) >= 11 is 0. The monoisotopic (exact) mass is 375 g/mol. The Morgan fingerprint density at radius 2 is 2.14 bits per heavy atom. The molecule has 0 bridgehead atoms. The van der Waals surface area contributed by atoms with E-state index in [0.717, 1.165) is 60.7 Å². The number of ether oxygens (including phenoxy) is 1. The summed E-state index contributed by atoms with van der Waals surface area (Å²) in [6.07, 6.45) is 5.14. The maximum absolute atomic E-state index is 12.8. The van der Waals surface area contributed by atoms with Crippen LogP contribution in [0.4, 0.5) is 5.82 Å². The molecule has 28 heavy (non-hydrogen) atoms. The van der Waals surface area contributed by atoms with Gasteiger partial charge < -0.3 is 15.4 Å². The number of carbonyl (C=O) groups is 1. The lowest BCUT2D eigenvalue weighted by molar-refractivity contribution is 0.102. The molecule has 1 amide bonds. The third kappa shape index (κ3) is 2.93. The van der Waals surface area contributed by atoms with Crippen molar-refractivity contribution in [3.05, 3.63) is 59.0 Å². The van der Waals surface area contributed by atoms with Crippen molar-refractivity contribution in [1.29, 1.82) is 0 Å². The molecule has 0 fully saturated rings. The molecular weight excluding hydrogens is 354 g/mol. The summed E-state index contributed by atoms with van der Waals surface area (Å²) < 4.78 is 7.40. The lowest BCUT2D eigenvalue weighted by Gasteiger charge is -2.14. The number of nitrogens with one attached hydrogen (secondary N) is 2. The van der Waals surface area contributed by atoms with Gasteiger partial charge in [0, 0.05) is 43.5 Å². The summed E-state index contributed by atoms with van der Waals surface area (Å²) in [6.45, 7) is 2.39. The van der Waals surface area contributed by atoms with E-state index in [1.807, 2.05) is 29.9 Å². The Bertz CT molecular complexity index is 1070. The van der Waals surface area contributed by atoms with E-state index in [1.165, 1.54) is 5.56 Å². The van der Waals surface area contributed by atoms with Gasteiger partial charge in [0.2, 0.25) is 0 Å². The number of anilines is 1. The van der Waals surface area contributed by atoms with Crippen molar-refractivity contribution in [2.24, 2.45) is 7.05 Å². The van der Waals surface area contributed by atoms with Crippen molar-refractivity contribution in [1.82, 2.24) is 20.1 Å². The van der Waals surface area contributed by atoms with Crippen LogP contribution >= 0.6 is 0 Å². The first kappa shape index (κ1) is 16.9. The zero-order chi connectivity index (χ0) is 19.1. The quantitative estimate of drug-likeness (QED) is 0.734. The predicted octanol–water partition coefficient (Wildman–Crippen LogP) is 2.32. The molecule has 2 N–H and O–H groups in total. The molecule has 7 heteroatoms. The van der Waals surface area contributed by atoms with Gasteiger partial charge in [0.15, 0.2) is 5.82 Å². The zero-order valence-electron chi connectivity index (χ0n) is 15.7. The number of benzene rings is 1. The van der Waals surface area contributed by atoms with Crippen LogP contribution in [0.3, 0.4) is 0 Å². The average molecular weight is 375 g/mol. The maximum atomic E-state index is 12.8. The first-order valence-electron chi connectivity index (χ1n) is 9.47. The molecule has 2 aliphatic heterocycles. The molecule has 0 atom stereocenters. The number of hydrogen-bond acceptors (Lipinski definition) is 5. The molecule has 2 aliphatic rings. The topological polar surface area (TPSA) is 81.1 Å². The first-order valence-corrected chi connectivity index (χ1v) is 9.47. The van der Waals surface area contributed by atoms with E-state index < -0.39 is 0 Å². The number of aromatic nitrogens is 3. The minimum Gasteiger partial charge on any atom is -0.493 e. The third-order valence-electron chi connectivity index (χ3n) is 5.37. The van der Waals surface area contributed by atoms with Gasteiger partial charge in [0.25, 0.3) is 5.91 Å². The Morgan fingerprint density at radius 3 is 3.07 bits per heavy atom. The van der Waals surface area contributed by atoms with E-state index in [2.05, 4.69) is 26.8 Å². The van der Waals surface area contributed by atoms with Crippen molar-refractivity contribution in [3.63, 3.8) is 0 Å². The standard InChI is InChI=1S/C21H21N5O2/c1-26-18-12-22-6-4-17(18)20(25-26)24-21(27)16-9-15(10-23-11-16)13-2-3-19-14(8-13)5-7-28-19/h2-3,8-11,22H,4-7,12H2,1H3,(H,24,25,27). The molecule has 0 saturated carbocycles. The Morgan fingerprint density at radius 1 is 1.21 bits per heavy atom. The van der Waals surface area contributed by atoms with Crippen LogP contribution in [0, 0.1) is 0 Å². The number of hydrogen-bond donors (Lipinski definition) is 2. The summed E-state index contributed by atoms with van der Waals surface area (Å²) in [7, 11) is 1.90. The molecule has 2 aromatic heterocycles. The second kappa shape index (κ2) is 6.76. The van der Waals surface area contributed by atoms with E-state index in [0.29, 0.717) is 11.4 Å². The van der Waals surface area contributed by atoms with Gasteiger partial charge in [-0.15, -0.1) is 0 Å². The predicted molar refractivity (Wildman–Crippen MR) is 105 cm³/mol. The van der Waals surface area contributed by atoms with E-state index in [9.17, 15) is 4.79 Å². The summed E-state index contributed by atoms with van der Waals surface area (Å²) in [5.41, 5.74) is 5.89. The highest BCUT2D eigenvalue weighted by molar-refractivity contribution is 6.04. The number of pyridine rings is 1. The molecule has 0 aliphatic carbocycles. The van der Waals surface area contributed by atoms with Crippen LogP contribution in [0.2, 0.25) is 0 Å². The molecule has 0 unspecified atom stereocenters. The van der Waals surface area contributed by atoms with Crippen LogP contribution in [0.25, 0.3) is 11.1 Å². The molecule has 142 valence electrons. The fourth-order valence-corrected chi connectivity index (χ4v) is 3.87. The summed E-state index contributed by atoms with van der Waals surface area (Å²) in [6, 6.07) is 7.98. The van der Waals surface area contributed by atoms with Crippen LogP contribution in [-0.2, 0) is 26.4 Å². The van der Waals surface area contributed by atoms with Crippen LogP contribution in [0.5, 0.6) is 5.75 Å². The van der Waals surface area contributed by atoms with Crippen molar-refractivity contribution >= 4 is 11.7 Å². The molecule has 5 rings (SSSR count). The minimum absolute atomic E-state index is 0.196. The zero-order valence-corrected chi connectivity index (χ0v) is 15.7. The van der Waals surface area contributed by atoms with Crippen LogP contribution in [-0.4, -0.2) is 33.8 Å². The smallest absolute Gasteiger partial charge is 0.258 e. The van der Waals surface area contributed by atoms with Crippen molar-refractivity contribution < 1.29 is 9.53 Å². The number of carbonyl (C=O) groups excluding carboxylic acids is 1. The highest BCUT2D eigenvalue weighted by Gasteiger charge is 2.21. The van der Waals surface area contributed by atoms with Crippen molar-refractivity contribution in [3.8, 4) is 16.9 Å². The average Bonchev–Trinajstić information content (AvgIpc) is 3.32. The van der Waals surface area contributed by atoms with Gasteiger partial charge in [0.05, 0.1) is 17.9 Å². The van der Waals surface area contributed by atoms with E-state index in [-0.39, 0.29) is 5.91 Å². The molecule has 1 aromatic carbocycles. The fourth-order valence-electron chi connectivity index (χ4n) is 3.87. The number of nitrogens with zero attached hydrogens (tertiary/aromatic N) is 3. The summed E-state index contributed by atoms with van der Waals surface area (Å²) in [5.74, 6) is 1.39. The van der Waals surface area contributed by atoms with E-state index in [4.69, 9.17) is 4.74 Å². The minimum atomic E-state index is -0.196. The van der Waals surface area contributed by atoms with Crippen molar-refractivity contribution in [2.75, 3.05) is 18.5 Å². The van der Waals surface area contributed by atoms with E-state index in [1.54, 1.807) is 12.4 Å². The van der Waals surface area contributed by atoms with Crippen LogP contribution in [0.1, 0.15) is 27.2 Å². The molecule has 4 heterocycles. The molecular formula is C21H21N5O2. The van der Waals surface area contributed by atoms with Gasteiger partial charge in [-0.25, -0.2) is 0 Å². The molecule has 0 saturated heterocycles. The Balaban J connectivity index is 1.41. The molecule has 0 radical (unpaired) electrons. The Kier molecular flexibility index (Phi) is 4.09. The summed E-state index contributed by atoms with van der Waals surface area (Å²) in [4.78, 5) is 17.1. The summed E-state index contributed by atoms with van der Waals surface area (Å²) in [5, 5.41) is 10.8. The highest BCUT2D eigenvalue weighted by atomic mass is 16.5. The number of fused-ring (bicyclic) bond motifs is 2. The Hall–Kier alpha value is -3.19. The second-order valence-electron chi connectivity index (χ2n) is 7.16. The van der Waals surface area contributed by atoms with Crippen LogP contribution < -0.4 is 15.4 Å². The molecule has 7 nitrogen and oxygen atoms in total. The van der Waals surface area contributed by atoms with Gasteiger partial charge >= 0.3 is 0 Å². The SMILES string of the molecule is Cn1nc(NC(=O)c2cncc(-c3ccc4c(c3)CCO4)c2)c2c1CNCC2. The third-order valence-corrected chi connectivity index (χ3v) is 5.37. The number of aryl methyl sites for hydroxylation is 1. The lowest BCUT2D eigenvalue weighted by Crippen LogP contribution is -2.25. The van der Waals surface area contributed by atoms with E-state index >= 15 is 0 Å². The maximum Gasteiger partial charge on any atom is 0.258 e. The van der Waals surface area contributed by atoms with Gasteiger partial charge in [-0.2, -0.15) is 5.10 Å². The van der Waals surface area contributed by atoms with Crippen LogP contribution in [0.15, 0.2) is 36.7 Å². The fraction of sp³-hybridized carbons (Fsp3) is 0.286. The first-order chi connectivity index (χ1) is 13.7. The second-order valence-corrected chi connectivity index (χ2v) is 7.16. The van der Waals surface area contributed by atoms with Gasteiger partial charge in [0.1, 0.15) is 5.75 Å². The highest BCUT2D eigenvalue weighted by Crippen LogP contribution is 2.30. The number of amides is 1. The lowest BCUT2D eigenvalue weighted by atomic mass is 10.0. The van der Waals surface area contributed by atoms with Gasteiger partial charge in [-0.05, 0) is 42.3 Å². The number of rotatable bonds is 3. The van der Waals surface area contributed by atoms with Crippen molar-refractivity contribution in [2.45, 2.75) is 19.4 Å². The largest absolute Gasteiger partial charge is 0.493 e. The molecule has 0 spiro atoms. The van der Waals surface area contributed by atoms with Gasteiger partial charge in [-0.1, -0.05) is 6.07 Å². The Labute approximate surface area is 162 Å². The normalized spacial score (nSPS) is 14.9. The molecule has 3 aromatic rings. The van der Waals surface area contributed by atoms with Gasteiger partial charge in [-0.3, -0.25) is 14.5 Å².